The Labute approximate surface area is 191 Å². The molecule has 9 heteroatoms. The molecule has 3 aromatic rings. The number of carboxylic acids is 1. The van der Waals surface area contributed by atoms with Crippen LogP contribution in [0.5, 0.6) is 0 Å². The summed E-state index contributed by atoms with van der Waals surface area (Å²) in [6, 6.07) is 15.0. The smallest absolute Gasteiger partial charge is 0.305 e. The lowest BCUT2D eigenvalue weighted by Crippen LogP contribution is -2.17. The number of benzene rings is 2. The molecule has 33 heavy (non-hydrogen) atoms. The molecule has 0 bridgehead atoms. The van der Waals surface area contributed by atoms with Gasteiger partial charge in [0.25, 0.3) is 7.37 Å². The molecule has 1 heterocycles. The lowest BCUT2D eigenvalue weighted by molar-refractivity contribution is -0.138. The first kappa shape index (κ1) is 24.4. The van der Waals surface area contributed by atoms with Crippen molar-refractivity contribution >= 4 is 13.3 Å². The molecular weight excluding hydrogens is 446 g/mol. The predicted molar refractivity (Wildman–Crippen MR) is 123 cm³/mol. The van der Waals surface area contributed by atoms with E-state index in [1.54, 1.807) is 16.8 Å². The normalized spacial score (nSPS) is 13.8. The summed E-state index contributed by atoms with van der Waals surface area (Å²) in [6.07, 6.45) is -2.83. The van der Waals surface area contributed by atoms with E-state index in [-0.39, 0.29) is 6.04 Å². The Bertz CT molecular complexity index is 1240. The average molecular weight is 470 g/mol. The van der Waals surface area contributed by atoms with E-state index in [1.165, 1.54) is 12.1 Å². The van der Waals surface area contributed by atoms with E-state index in [2.05, 4.69) is 11.6 Å². The number of hydrogen-bond donors (Lipinski definition) is 3. The van der Waals surface area contributed by atoms with Crippen molar-refractivity contribution in [3.05, 3.63) is 66.1 Å². The first-order valence-corrected chi connectivity index (χ1v) is 12.1. The molecular formula is C24H24FN2O5P. The maximum absolute atomic E-state index is 13.6. The minimum absolute atomic E-state index is 0.151. The number of aliphatic carboxylic acids is 1. The lowest BCUT2D eigenvalue weighted by Gasteiger charge is -2.10. The van der Waals surface area contributed by atoms with Crippen LogP contribution in [0.3, 0.4) is 0 Å². The second kappa shape index (κ2) is 10.1. The van der Waals surface area contributed by atoms with E-state index < -0.39 is 37.8 Å². The molecule has 2 atom stereocenters. The number of carboxylic acid groups (broad SMARTS) is 1. The third-order valence-corrected chi connectivity index (χ3v) is 6.17. The van der Waals surface area contributed by atoms with Gasteiger partial charge < -0.3 is 15.1 Å². The van der Waals surface area contributed by atoms with Crippen molar-refractivity contribution in [2.45, 2.75) is 32.4 Å². The fourth-order valence-electron chi connectivity index (χ4n) is 3.35. The van der Waals surface area contributed by atoms with Crippen LogP contribution in [0.25, 0.3) is 22.4 Å². The monoisotopic (exact) mass is 470 g/mol. The van der Waals surface area contributed by atoms with Crippen LogP contribution in [0.4, 0.5) is 4.39 Å². The zero-order valence-electron chi connectivity index (χ0n) is 18.1. The van der Waals surface area contributed by atoms with Crippen molar-refractivity contribution < 1.29 is 28.9 Å². The second-order valence-corrected chi connectivity index (χ2v) is 9.85. The number of aliphatic hydroxyl groups excluding tert-OH is 1. The van der Waals surface area contributed by atoms with Gasteiger partial charge in [-0.05, 0) is 43.1 Å². The zero-order chi connectivity index (χ0) is 24.2. The SMILES string of the molecule is CC(C)n1nc(-c2ccccc2)c(-c2ccc(F)cc2)c1C#CP(=O)(O)CC(O)CC(=O)O. The molecule has 2 aromatic carbocycles. The summed E-state index contributed by atoms with van der Waals surface area (Å²) in [7, 11) is -4.18. The molecule has 172 valence electrons. The summed E-state index contributed by atoms with van der Waals surface area (Å²) in [5.41, 5.74) is 5.28. The number of aromatic nitrogens is 2. The quantitative estimate of drug-likeness (QED) is 0.350. The molecule has 0 saturated heterocycles. The Morgan fingerprint density at radius 1 is 1.12 bits per heavy atom. The predicted octanol–water partition coefficient (Wildman–Crippen LogP) is 4.35. The fraction of sp³-hybridized carbons (Fsp3) is 0.250. The van der Waals surface area contributed by atoms with Gasteiger partial charge in [0.1, 0.15) is 17.2 Å². The molecule has 3 N–H and O–H groups in total. The minimum Gasteiger partial charge on any atom is -0.481 e. The topological polar surface area (TPSA) is 113 Å². The molecule has 0 aliphatic carbocycles. The molecule has 7 nitrogen and oxygen atoms in total. The summed E-state index contributed by atoms with van der Waals surface area (Å²) < 4.78 is 27.8. The van der Waals surface area contributed by atoms with Crippen LogP contribution in [0, 0.1) is 17.4 Å². The number of carbonyl (C=O) groups is 1. The highest BCUT2D eigenvalue weighted by Gasteiger charge is 2.25. The van der Waals surface area contributed by atoms with Gasteiger partial charge in [0.2, 0.25) is 0 Å². The molecule has 1 aromatic heterocycles. The number of rotatable bonds is 7. The van der Waals surface area contributed by atoms with Crippen LogP contribution in [0.15, 0.2) is 54.6 Å². The molecule has 3 rings (SSSR count). The summed E-state index contributed by atoms with van der Waals surface area (Å²) in [5, 5.41) is 23.2. The molecule has 0 spiro atoms. The van der Waals surface area contributed by atoms with Crippen molar-refractivity contribution in [2.24, 2.45) is 0 Å². The second-order valence-electron chi connectivity index (χ2n) is 7.86. The van der Waals surface area contributed by atoms with Crippen molar-refractivity contribution in [3.8, 4) is 34.0 Å². The van der Waals surface area contributed by atoms with Gasteiger partial charge >= 0.3 is 5.97 Å². The van der Waals surface area contributed by atoms with Crippen LogP contribution in [-0.2, 0) is 9.36 Å². The Balaban J connectivity index is 2.17. The summed E-state index contributed by atoms with van der Waals surface area (Å²) in [4.78, 5) is 21.0. The van der Waals surface area contributed by atoms with E-state index in [0.29, 0.717) is 22.5 Å². The Hall–Kier alpha value is -3.24. The number of halogens is 1. The highest BCUT2D eigenvalue weighted by molar-refractivity contribution is 7.63. The Kier molecular flexibility index (Phi) is 7.50. The van der Waals surface area contributed by atoms with Crippen molar-refractivity contribution in [1.29, 1.82) is 0 Å². The summed E-state index contributed by atoms with van der Waals surface area (Å²) in [6.45, 7) is 3.77. The van der Waals surface area contributed by atoms with E-state index in [1.807, 2.05) is 44.2 Å². The molecule has 0 fully saturated rings. The molecule has 0 saturated carbocycles. The van der Waals surface area contributed by atoms with Crippen LogP contribution < -0.4 is 0 Å². The Morgan fingerprint density at radius 3 is 2.33 bits per heavy atom. The van der Waals surface area contributed by atoms with Crippen molar-refractivity contribution in [1.82, 2.24) is 9.78 Å². The van der Waals surface area contributed by atoms with Gasteiger partial charge in [-0.25, -0.2) is 4.39 Å². The number of nitrogens with zero attached hydrogens (tertiary/aromatic N) is 2. The highest BCUT2D eigenvalue weighted by atomic mass is 31.2. The van der Waals surface area contributed by atoms with Gasteiger partial charge in [0, 0.05) is 17.2 Å². The number of hydrogen-bond acceptors (Lipinski definition) is 4. The summed E-state index contributed by atoms with van der Waals surface area (Å²) >= 11 is 0. The van der Waals surface area contributed by atoms with Gasteiger partial charge in [0.15, 0.2) is 0 Å². The van der Waals surface area contributed by atoms with Crippen LogP contribution in [0.1, 0.15) is 32.0 Å². The molecule has 0 amide bonds. The molecule has 0 aliphatic heterocycles. The standard InChI is InChI=1S/C24H24FN2O5P/c1-16(2)27-21(12-13-33(31,32)15-20(28)14-22(29)30)23(17-8-10-19(25)11-9-17)24(26-27)18-6-4-3-5-7-18/h3-11,16,20,28H,14-15H2,1-2H3,(H,29,30)(H,31,32). The maximum atomic E-state index is 13.6. The van der Waals surface area contributed by atoms with Crippen molar-refractivity contribution in [3.63, 3.8) is 0 Å². The lowest BCUT2D eigenvalue weighted by atomic mass is 9.99. The minimum atomic E-state index is -4.18. The third kappa shape index (κ3) is 6.17. The van der Waals surface area contributed by atoms with Gasteiger partial charge in [-0.2, -0.15) is 5.10 Å². The van der Waals surface area contributed by atoms with Crippen LogP contribution >= 0.6 is 7.37 Å². The van der Waals surface area contributed by atoms with Crippen LogP contribution in [-0.4, -0.2) is 43.1 Å². The van der Waals surface area contributed by atoms with Gasteiger partial charge in [-0.1, -0.05) is 42.5 Å². The number of aliphatic hydroxyl groups is 1. The Morgan fingerprint density at radius 2 is 1.76 bits per heavy atom. The first-order valence-electron chi connectivity index (χ1n) is 10.3. The molecule has 0 aliphatic rings. The zero-order valence-corrected chi connectivity index (χ0v) is 19.0. The van der Waals surface area contributed by atoms with Gasteiger partial charge in [-0.3, -0.25) is 14.0 Å². The maximum Gasteiger partial charge on any atom is 0.305 e. The molecule has 2 unspecified atom stereocenters. The average Bonchev–Trinajstić information content (AvgIpc) is 3.12. The van der Waals surface area contributed by atoms with Gasteiger partial charge in [-0.15, -0.1) is 0 Å². The van der Waals surface area contributed by atoms with E-state index >= 15 is 0 Å². The van der Waals surface area contributed by atoms with E-state index in [9.17, 15) is 23.7 Å². The summed E-state index contributed by atoms with van der Waals surface area (Å²) in [5.74, 6) is 1.07. The fourth-order valence-corrected chi connectivity index (χ4v) is 4.43. The van der Waals surface area contributed by atoms with E-state index in [0.717, 1.165) is 5.56 Å². The molecule has 0 radical (unpaired) electrons. The van der Waals surface area contributed by atoms with Crippen LogP contribution in [0.2, 0.25) is 0 Å². The van der Waals surface area contributed by atoms with Gasteiger partial charge in [0.05, 0.1) is 18.7 Å². The highest BCUT2D eigenvalue weighted by Crippen LogP contribution is 2.41. The van der Waals surface area contributed by atoms with Crippen molar-refractivity contribution in [2.75, 3.05) is 6.16 Å². The van der Waals surface area contributed by atoms with E-state index in [4.69, 9.17) is 10.2 Å². The third-order valence-electron chi connectivity index (χ3n) is 4.80. The first-order chi connectivity index (χ1) is 15.6. The largest absolute Gasteiger partial charge is 0.481 e.